The number of amides is 1. The van der Waals surface area contributed by atoms with Crippen molar-refractivity contribution in [2.75, 3.05) is 6.54 Å². The molecule has 122 valence electrons. The van der Waals surface area contributed by atoms with E-state index in [-0.39, 0.29) is 36.5 Å². The smallest absolute Gasteiger partial charge is 0.262 e. The van der Waals surface area contributed by atoms with Crippen LogP contribution >= 0.6 is 0 Å². The monoisotopic (exact) mass is 314 g/mol. The molecule has 1 amide bonds. The summed E-state index contributed by atoms with van der Waals surface area (Å²) in [4.78, 5) is 16.0. The second-order valence-electron chi connectivity index (χ2n) is 6.12. The highest BCUT2D eigenvalue weighted by Gasteiger charge is 2.42. The third-order valence-corrected chi connectivity index (χ3v) is 4.18. The first-order valence-electron chi connectivity index (χ1n) is 7.75. The molecule has 0 radical (unpaired) electrons. The average molecular weight is 314 g/mol. The number of nitrogens with one attached hydrogen (secondary N) is 2. The minimum Gasteiger partial charge on any atom is -0.353 e. The molecule has 3 rings (SSSR count). The number of carbonyl (C=O) groups is 1. The summed E-state index contributed by atoms with van der Waals surface area (Å²) in [6.45, 7) is -0.391. The Hall–Kier alpha value is -1.57. The van der Waals surface area contributed by atoms with Crippen LogP contribution in [-0.2, 0) is 11.2 Å². The van der Waals surface area contributed by atoms with Crippen molar-refractivity contribution in [2.45, 2.75) is 63.0 Å². The minimum absolute atomic E-state index is 0.0170. The first kappa shape index (κ1) is 15.3. The molecule has 1 aliphatic heterocycles. The fraction of sp³-hybridized carbons (Fsp3) is 0.786. The topological polar surface area (TPSA) is 80.1 Å². The van der Waals surface area contributed by atoms with Crippen LogP contribution in [0.1, 0.15) is 56.3 Å². The van der Waals surface area contributed by atoms with Crippen LogP contribution in [0.25, 0.3) is 0 Å². The van der Waals surface area contributed by atoms with Crippen LogP contribution in [0, 0.1) is 0 Å². The first-order valence-corrected chi connectivity index (χ1v) is 7.75. The molecule has 2 heterocycles. The predicted molar refractivity (Wildman–Crippen MR) is 73.3 cm³/mol. The molecular formula is C14H20F2N4O2. The molecule has 1 aromatic heterocycles. The van der Waals surface area contributed by atoms with Crippen molar-refractivity contribution < 1.29 is 18.1 Å². The fourth-order valence-electron chi connectivity index (χ4n) is 3.04. The molecule has 1 atom stereocenters. The Bertz CT molecular complexity index is 529. The Balaban J connectivity index is 1.52. The van der Waals surface area contributed by atoms with E-state index in [1.165, 1.54) is 6.42 Å². The molecule has 2 N–H and O–H groups in total. The Labute approximate surface area is 127 Å². The molecule has 22 heavy (non-hydrogen) atoms. The maximum Gasteiger partial charge on any atom is 0.262 e. The van der Waals surface area contributed by atoms with Gasteiger partial charge in [0.2, 0.25) is 11.8 Å². The van der Waals surface area contributed by atoms with Crippen molar-refractivity contribution in [2.24, 2.45) is 0 Å². The summed E-state index contributed by atoms with van der Waals surface area (Å²) in [6, 6.07) is -0.416. The Morgan fingerprint density at radius 1 is 1.36 bits per heavy atom. The van der Waals surface area contributed by atoms with Gasteiger partial charge >= 0.3 is 0 Å². The molecule has 8 heteroatoms. The molecule has 0 bridgehead atoms. The molecule has 1 saturated carbocycles. The van der Waals surface area contributed by atoms with E-state index in [1.54, 1.807) is 0 Å². The van der Waals surface area contributed by atoms with E-state index in [4.69, 9.17) is 4.52 Å². The summed E-state index contributed by atoms with van der Waals surface area (Å²) in [7, 11) is 0. The molecule has 1 saturated heterocycles. The maximum absolute atomic E-state index is 13.1. The lowest BCUT2D eigenvalue weighted by molar-refractivity contribution is -0.121. The van der Waals surface area contributed by atoms with Gasteiger partial charge in [0.25, 0.3) is 5.92 Å². The van der Waals surface area contributed by atoms with Gasteiger partial charge in [-0.2, -0.15) is 4.98 Å². The third kappa shape index (κ3) is 3.79. The van der Waals surface area contributed by atoms with Gasteiger partial charge in [-0.1, -0.05) is 24.4 Å². The molecular weight excluding hydrogens is 294 g/mol. The van der Waals surface area contributed by atoms with Gasteiger partial charge in [-0.25, -0.2) is 8.78 Å². The number of rotatable bonds is 4. The lowest BCUT2D eigenvalue weighted by Gasteiger charge is -2.22. The van der Waals surface area contributed by atoms with Crippen molar-refractivity contribution >= 4 is 5.91 Å². The highest BCUT2D eigenvalue weighted by atomic mass is 19.3. The van der Waals surface area contributed by atoms with Crippen LogP contribution in [0.2, 0.25) is 0 Å². The van der Waals surface area contributed by atoms with Gasteiger partial charge in [-0.15, -0.1) is 0 Å². The van der Waals surface area contributed by atoms with Crippen molar-refractivity contribution in [3.05, 3.63) is 11.7 Å². The van der Waals surface area contributed by atoms with Crippen molar-refractivity contribution in [3.63, 3.8) is 0 Å². The van der Waals surface area contributed by atoms with E-state index < -0.39 is 18.5 Å². The molecule has 2 fully saturated rings. The number of halogens is 2. The zero-order valence-corrected chi connectivity index (χ0v) is 12.3. The average Bonchev–Trinajstić information content (AvgIpc) is 3.06. The van der Waals surface area contributed by atoms with E-state index in [2.05, 4.69) is 20.8 Å². The first-order chi connectivity index (χ1) is 10.5. The highest BCUT2D eigenvalue weighted by Crippen LogP contribution is 2.33. The SMILES string of the molecule is O=C(Cc1noc(C2CC(F)(F)CN2)n1)NC1CCCCC1. The van der Waals surface area contributed by atoms with Gasteiger partial charge in [0.15, 0.2) is 5.82 Å². The van der Waals surface area contributed by atoms with E-state index in [0.717, 1.165) is 25.7 Å². The molecule has 1 unspecified atom stereocenters. The van der Waals surface area contributed by atoms with Crippen molar-refractivity contribution in [1.29, 1.82) is 0 Å². The molecule has 0 spiro atoms. The summed E-state index contributed by atoms with van der Waals surface area (Å²) < 4.78 is 31.3. The van der Waals surface area contributed by atoms with E-state index in [1.807, 2.05) is 0 Å². The predicted octanol–water partition coefficient (Wildman–Crippen LogP) is 1.73. The number of hydrogen-bond donors (Lipinski definition) is 2. The molecule has 1 aromatic rings. The van der Waals surface area contributed by atoms with E-state index in [0.29, 0.717) is 0 Å². The summed E-state index contributed by atoms with van der Waals surface area (Å²) in [5.74, 6) is -2.54. The number of aromatic nitrogens is 2. The van der Waals surface area contributed by atoms with Gasteiger partial charge in [-0.05, 0) is 12.8 Å². The number of carbonyl (C=O) groups excluding carboxylic acids is 1. The standard InChI is InChI=1S/C14H20F2N4O2/c15-14(16)7-10(17-8-14)13-19-11(20-22-13)6-12(21)18-9-4-2-1-3-5-9/h9-10,17H,1-8H2,(H,18,21). The van der Waals surface area contributed by atoms with Crippen LogP contribution in [0.15, 0.2) is 4.52 Å². The normalized spacial score (nSPS) is 25.3. The largest absolute Gasteiger partial charge is 0.353 e. The van der Waals surface area contributed by atoms with Crippen LogP contribution in [0.3, 0.4) is 0 Å². The Morgan fingerprint density at radius 3 is 2.82 bits per heavy atom. The Kier molecular flexibility index (Phi) is 4.37. The van der Waals surface area contributed by atoms with Crippen LogP contribution in [-0.4, -0.2) is 34.6 Å². The second kappa shape index (κ2) is 6.28. The van der Waals surface area contributed by atoms with Gasteiger partial charge in [0.1, 0.15) is 0 Å². The number of hydrogen-bond acceptors (Lipinski definition) is 5. The summed E-state index contributed by atoms with van der Waals surface area (Å²) in [5.41, 5.74) is 0. The quantitative estimate of drug-likeness (QED) is 0.885. The van der Waals surface area contributed by atoms with Crippen LogP contribution in [0.4, 0.5) is 8.78 Å². The molecule has 0 aromatic carbocycles. The number of nitrogens with zero attached hydrogens (tertiary/aromatic N) is 2. The third-order valence-electron chi connectivity index (χ3n) is 4.18. The lowest BCUT2D eigenvalue weighted by atomic mass is 9.95. The summed E-state index contributed by atoms with van der Waals surface area (Å²) in [5, 5.41) is 9.32. The van der Waals surface area contributed by atoms with Crippen molar-refractivity contribution in [1.82, 2.24) is 20.8 Å². The molecule has 6 nitrogen and oxygen atoms in total. The van der Waals surface area contributed by atoms with Crippen LogP contribution in [0.5, 0.6) is 0 Å². The van der Waals surface area contributed by atoms with Gasteiger partial charge < -0.3 is 9.84 Å². The summed E-state index contributed by atoms with van der Waals surface area (Å²) in [6.07, 6.45) is 5.16. The fourth-order valence-corrected chi connectivity index (χ4v) is 3.04. The maximum atomic E-state index is 13.1. The number of alkyl halides is 2. The van der Waals surface area contributed by atoms with E-state index in [9.17, 15) is 13.6 Å². The molecule has 2 aliphatic rings. The molecule has 1 aliphatic carbocycles. The van der Waals surface area contributed by atoms with Crippen LogP contribution < -0.4 is 10.6 Å². The zero-order chi connectivity index (χ0) is 15.6. The van der Waals surface area contributed by atoms with Gasteiger partial charge in [-0.3, -0.25) is 10.1 Å². The van der Waals surface area contributed by atoms with Crippen molar-refractivity contribution in [3.8, 4) is 0 Å². The van der Waals surface area contributed by atoms with E-state index >= 15 is 0 Å². The summed E-state index contributed by atoms with van der Waals surface area (Å²) >= 11 is 0. The highest BCUT2D eigenvalue weighted by molar-refractivity contribution is 5.78. The van der Waals surface area contributed by atoms with Gasteiger partial charge in [0, 0.05) is 12.5 Å². The lowest BCUT2D eigenvalue weighted by Crippen LogP contribution is -2.37. The Morgan fingerprint density at radius 2 is 2.14 bits per heavy atom. The minimum atomic E-state index is -2.75. The second-order valence-corrected chi connectivity index (χ2v) is 6.12. The van der Waals surface area contributed by atoms with Gasteiger partial charge in [0.05, 0.1) is 19.0 Å². The zero-order valence-electron chi connectivity index (χ0n) is 12.3.